The molecule has 3 saturated heterocycles. The number of likely N-dealkylation sites (N-methyl/N-ethyl adjacent to an activating group) is 1. The molecule has 1 N–H and O–H groups in total. The summed E-state index contributed by atoms with van der Waals surface area (Å²) >= 11 is 0. The lowest BCUT2D eigenvalue weighted by atomic mass is 9.87. The van der Waals surface area contributed by atoms with E-state index in [0.29, 0.717) is 11.5 Å². The second-order valence-corrected chi connectivity index (χ2v) is 7.09. The average Bonchev–Trinajstić information content (AvgIpc) is 3.26. The SMILES string of the molecule is CCNC(=NCC1CCCN1CC)N1CCC2(CCOC2)C1. The van der Waals surface area contributed by atoms with E-state index in [2.05, 4.69) is 29.0 Å². The van der Waals surface area contributed by atoms with E-state index >= 15 is 0 Å². The molecule has 3 heterocycles. The Balaban J connectivity index is 1.61. The number of likely N-dealkylation sites (tertiary alicyclic amines) is 2. The first-order valence-corrected chi connectivity index (χ1v) is 9.11. The highest BCUT2D eigenvalue weighted by atomic mass is 16.5. The number of hydrogen-bond donors (Lipinski definition) is 1. The molecule has 0 amide bonds. The highest BCUT2D eigenvalue weighted by molar-refractivity contribution is 5.80. The van der Waals surface area contributed by atoms with E-state index < -0.39 is 0 Å². The molecule has 0 bridgehead atoms. The van der Waals surface area contributed by atoms with Crippen molar-refractivity contribution in [3.05, 3.63) is 0 Å². The molecule has 5 nitrogen and oxygen atoms in total. The van der Waals surface area contributed by atoms with Crippen molar-refractivity contribution in [2.24, 2.45) is 10.4 Å². The third-order valence-corrected chi connectivity index (χ3v) is 5.61. The van der Waals surface area contributed by atoms with E-state index in [4.69, 9.17) is 9.73 Å². The van der Waals surface area contributed by atoms with Gasteiger partial charge in [-0.25, -0.2) is 0 Å². The minimum absolute atomic E-state index is 0.402. The number of nitrogens with one attached hydrogen (secondary N) is 1. The van der Waals surface area contributed by atoms with Gasteiger partial charge in [0.15, 0.2) is 5.96 Å². The molecule has 22 heavy (non-hydrogen) atoms. The molecule has 1 spiro atoms. The summed E-state index contributed by atoms with van der Waals surface area (Å²) in [6.07, 6.45) is 5.10. The molecule has 126 valence electrons. The first-order chi connectivity index (χ1) is 10.8. The molecular formula is C17H32N4O. The summed E-state index contributed by atoms with van der Waals surface area (Å²) < 4.78 is 5.65. The van der Waals surface area contributed by atoms with Crippen LogP contribution < -0.4 is 5.32 Å². The Hall–Kier alpha value is -0.810. The van der Waals surface area contributed by atoms with Crippen LogP contribution in [0.3, 0.4) is 0 Å². The highest BCUT2D eigenvalue weighted by Gasteiger charge is 2.42. The first kappa shape index (κ1) is 16.1. The second-order valence-electron chi connectivity index (χ2n) is 7.09. The Morgan fingerprint density at radius 3 is 2.95 bits per heavy atom. The van der Waals surface area contributed by atoms with Crippen molar-refractivity contribution in [3.63, 3.8) is 0 Å². The molecule has 0 aromatic rings. The highest BCUT2D eigenvalue weighted by Crippen LogP contribution is 2.38. The third-order valence-electron chi connectivity index (χ3n) is 5.61. The van der Waals surface area contributed by atoms with Crippen LogP contribution in [0.5, 0.6) is 0 Å². The van der Waals surface area contributed by atoms with Crippen LogP contribution >= 0.6 is 0 Å². The van der Waals surface area contributed by atoms with E-state index in [1.807, 2.05) is 0 Å². The molecular weight excluding hydrogens is 276 g/mol. The van der Waals surface area contributed by atoms with Crippen LogP contribution in [0.15, 0.2) is 4.99 Å². The molecule has 3 rings (SSSR count). The van der Waals surface area contributed by atoms with Gasteiger partial charge in [0.1, 0.15) is 0 Å². The first-order valence-electron chi connectivity index (χ1n) is 9.11. The summed E-state index contributed by atoms with van der Waals surface area (Å²) in [5, 5.41) is 3.50. The van der Waals surface area contributed by atoms with Crippen LogP contribution in [0.1, 0.15) is 39.5 Å². The van der Waals surface area contributed by atoms with Crippen molar-refractivity contribution in [2.75, 3.05) is 52.5 Å². The third kappa shape index (κ3) is 3.40. The molecule has 3 aliphatic heterocycles. The normalized spacial score (nSPS) is 33.3. The molecule has 3 fully saturated rings. The zero-order valence-corrected chi connectivity index (χ0v) is 14.3. The second kappa shape index (κ2) is 7.18. The molecule has 0 aromatic carbocycles. The lowest BCUT2D eigenvalue weighted by Gasteiger charge is -2.26. The van der Waals surface area contributed by atoms with E-state index in [0.717, 1.165) is 51.9 Å². The fourth-order valence-corrected chi connectivity index (χ4v) is 4.22. The lowest BCUT2D eigenvalue weighted by molar-refractivity contribution is 0.156. The van der Waals surface area contributed by atoms with Gasteiger partial charge in [-0.05, 0) is 45.7 Å². The number of guanidine groups is 1. The zero-order chi connectivity index (χ0) is 15.4. The quantitative estimate of drug-likeness (QED) is 0.632. The van der Waals surface area contributed by atoms with Gasteiger partial charge in [-0.15, -0.1) is 0 Å². The molecule has 0 aromatic heterocycles. The molecule has 2 atom stereocenters. The van der Waals surface area contributed by atoms with Gasteiger partial charge in [0.2, 0.25) is 0 Å². The molecule has 3 aliphatic rings. The van der Waals surface area contributed by atoms with Gasteiger partial charge in [-0.1, -0.05) is 6.92 Å². The fourth-order valence-electron chi connectivity index (χ4n) is 4.22. The molecule has 0 radical (unpaired) electrons. The van der Waals surface area contributed by atoms with E-state index in [1.165, 1.54) is 32.2 Å². The Bertz CT molecular complexity index is 392. The van der Waals surface area contributed by atoms with Crippen LogP contribution in [-0.2, 0) is 4.74 Å². The Morgan fingerprint density at radius 1 is 1.32 bits per heavy atom. The molecule has 2 unspecified atom stereocenters. The van der Waals surface area contributed by atoms with Crippen LogP contribution in [-0.4, -0.2) is 74.3 Å². The number of hydrogen-bond acceptors (Lipinski definition) is 3. The summed E-state index contributed by atoms with van der Waals surface area (Å²) in [4.78, 5) is 10.0. The maximum atomic E-state index is 5.65. The van der Waals surface area contributed by atoms with Crippen molar-refractivity contribution in [2.45, 2.75) is 45.6 Å². The lowest BCUT2D eigenvalue weighted by Crippen LogP contribution is -2.42. The van der Waals surface area contributed by atoms with E-state index in [1.54, 1.807) is 0 Å². The summed E-state index contributed by atoms with van der Waals surface area (Å²) in [6.45, 7) is 12.8. The number of nitrogens with zero attached hydrogens (tertiary/aromatic N) is 3. The van der Waals surface area contributed by atoms with Crippen molar-refractivity contribution in [1.29, 1.82) is 0 Å². The zero-order valence-electron chi connectivity index (χ0n) is 14.3. The molecule has 0 saturated carbocycles. The van der Waals surface area contributed by atoms with Crippen LogP contribution in [0.4, 0.5) is 0 Å². The topological polar surface area (TPSA) is 40.1 Å². The van der Waals surface area contributed by atoms with E-state index in [9.17, 15) is 0 Å². The van der Waals surface area contributed by atoms with Gasteiger partial charge < -0.3 is 15.0 Å². The maximum Gasteiger partial charge on any atom is 0.193 e. The minimum Gasteiger partial charge on any atom is -0.381 e. The summed E-state index contributed by atoms with van der Waals surface area (Å²) in [6, 6.07) is 0.644. The smallest absolute Gasteiger partial charge is 0.193 e. The monoisotopic (exact) mass is 308 g/mol. The van der Waals surface area contributed by atoms with Crippen LogP contribution in [0.25, 0.3) is 0 Å². The standard InChI is InChI=1S/C17H32N4O/c1-3-18-16(19-12-15-6-5-9-20(15)4-2)21-10-7-17(13-21)8-11-22-14-17/h15H,3-14H2,1-2H3,(H,18,19). The van der Waals surface area contributed by atoms with Crippen LogP contribution in [0, 0.1) is 5.41 Å². The molecule has 0 aliphatic carbocycles. The predicted molar refractivity (Wildman–Crippen MR) is 90.3 cm³/mol. The Labute approximate surface area is 135 Å². The number of ether oxygens (including phenoxy) is 1. The van der Waals surface area contributed by atoms with Crippen molar-refractivity contribution < 1.29 is 4.74 Å². The predicted octanol–water partition coefficient (Wildman–Crippen LogP) is 1.55. The van der Waals surface area contributed by atoms with Gasteiger partial charge in [0.05, 0.1) is 13.2 Å². The van der Waals surface area contributed by atoms with Gasteiger partial charge in [0, 0.05) is 37.7 Å². The summed E-state index contributed by atoms with van der Waals surface area (Å²) in [5.41, 5.74) is 0.402. The van der Waals surface area contributed by atoms with Gasteiger partial charge in [-0.2, -0.15) is 0 Å². The summed E-state index contributed by atoms with van der Waals surface area (Å²) in [5.74, 6) is 1.12. The maximum absolute atomic E-state index is 5.65. The Morgan fingerprint density at radius 2 is 2.23 bits per heavy atom. The summed E-state index contributed by atoms with van der Waals surface area (Å²) in [7, 11) is 0. The largest absolute Gasteiger partial charge is 0.381 e. The van der Waals surface area contributed by atoms with Crippen LogP contribution in [0.2, 0.25) is 0 Å². The van der Waals surface area contributed by atoms with Gasteiger partial charge in [-0.3, -0.25) is 9.89 Å². The average molecular weight is 308 g/mol. The van der Waals surface area contributed by atoms with Crippen molar-refractivity contribution in [1.82, 2.24) is 15.1 Å². The minimum atomic E-state index is 0.402. The molecule has 5 heteroatoms. The van der Waals surface area contributed by atoms with Crippen molar-refractivity contribution >= 4 is 5.96 Å². The fraction of sp³-hybridized carbons (Fsp3) is 0.941. The van der Waals surface area contributed by atoms with Crippen molar-refractivity contribution in [3.8, 4) is 0 Å². The van der Waals surface area contributed by atoms with Gasteiger partial charge in [0.25, 0.3) is 0 Å². The Kier molecular flexibility index (Phi) is 5.24. The van der Waals surface area contributed by atoms with E-state index in [-0.39, 0.29) is 0 Å². The number of rotatable bonds is 4. The van der Waals surface area contributed by atoms with Gasteiger partial charge >= 0.3 is 0 Å². The number of aliphatic imine (C=N–C) groups is 1.